The highest BCUT2D eigenvalue weighted by atomic mass is 19.4. The zero-order valence-electron chi connectivity index (χ0n) is 12.4. The Labute approximate surface area is 123 Å². The summed E-state index contributed by atoms with van der Waals surface area (Å²) in [7, 11) is 1.56. The summed E-state index contributed by atoms with van der Waals surface area (Å²) in [6.07, 6.45) is -4.95. The molecule has 0 aliphatic rings. The fraction of sp³-hybridized carbons (Fsp3) is 0.600. The van der Waals surface area contributed by atoms with E-state index in [1.807, 2.05) is 6.92 Å². The summed E-state index contributed by atoms with van der Waals surface area (Å²) in [5.74, 6) is 0.721. The van der Waals surface area contributed by atoms with Crippen molar-refractivity contribution in [1.29, 1.82) is 0 Å². The van der Waals surface area contributed by atoms with Crippen molar-refractivity contribution in [3.63, 3.8) is 0 Å². The molecular weight excluding hydrogens is 283 g/mol. The van der Waals surface area contributed by atoms with Crippen molar-refractivity contribution in [3.05, 3.63) is 29.8 Å². The third kappa shape index (κ3) is 7.34. The van der Waals surface area contributed by atoms with Crippen molar-refractivity contribution in [2.75, 3.05) is 26.7 Å². The van der Waals surface area contributed by atoms with E-state index in [0.717, 1.165) is 12.2 Å². The van der Waals surface area contributed by atoms with Crippen LogP contribution in [0.1, 0.15) is 31.4 Å². The molecule has 120 valence electrons. The smallest absolute Gasteiger partial charge is 0.390 e. The van der Waals surface area contributed by atoms with Crippen LogP contribution < -0.4 is 4.74 Å². The largest absolute Gasteiger partial charge is 0.494 e. The molecule has 0 aliphatic heterocycles. The first-order valence-electron chi connectivity index (χ1n) is 6.98. The molecule has 6 heteroatoms. The van der Waals surface area contributed by atoms with Crippen molar-refractivity contribution in [1.82, 2.24) is 4.90 Å². The molecule has 0 spiro atoms. The van der Waals surface area contributed by atoms with Gasteiger partial charge in [0.1, 0.15) is 5.75 Å². The highest BCUT2D eigenvalue weighted by Gasteiger charge is 2.27. The Bertz CT molecular complexity index is 406. The van der Waals surface area contributed by atoms with Crippen LogP contribution in [0.2, 0.25) is 0 Å². The van der Waals surface area contributed by atoms with E-state index in [4.69, 9.17) is 4.74 Å². The van der Waals surface area contributed by atoms with Crippen LogP contribution in [0.4, 0.5) is 13.2 Å². The molecule has 1 atom stereocenters. The third-order valence-corrected chi connectivity index (χ3v) is 3.00. The van der Waals surface area contributed by atoms with Gasteiger partial charge >= 0.3 is 6.18 Å². The molecular formula is C15H22F3NO2. The molecule has 0 aliphatic carbocycles. The lowest BCUT2D eigenvalue weighted by Gasteiger charge is -2.21. The molecule has 1 rings (SSSR count). The van der Waals surface area contributed by atoms with Crippen molar-refractivity contribution in [3.8, 4) is 5.75 Å². The number of ether oxygens (including phenoxy) is 1. The summed E-state index contributed by atoms with van der Waals surface area (Å²) in [6, 6.07) is 6.97. The highest BCUT2D eigenvalue weighted by molar-refractivity contribution is 5.28. The molecule has 0 fully saturated rings. The van der Waals surface area contributed by atoms with Gasteiger partial charge < -0.3 is 14.7 Å². The van der Waals surface area contributed by atoms with Crippen molar-refractivity contribution >= 4 is 0 Å². The third-order valence-electron chi connectivity index (χ3n) is 3.00. The van der Waals surface area contributed by atoms with E-state index < -0.39 is 18.7 Å². The maximum Gasteiger partial charge on any atom is 0.390 e. The average molecular weight is 305 g/mol. The van der Waals surface area contributed by atoms with Crippen molar-refractivity contribution in [2.45, 2.75) is 32.0 Å². The van der Waals surface area contributed by atoms with E-state index in [1.165, 1.54) is 4.90 Å². The second kappa shape index (κ2) is 8.24. The van der Waals surface area contributed by atoms with E-state index in [9.17, 15) is 18.3 Å². The lowest BCUT2D eigenvalue weighted by Crippen LogP contribution is -2.28. The van der Waals surface area contributed by atoms with E-state index in [2.05, 4.69) is 0 Å². The molecule has 1 aromatic carbocycles. The van der Waals surface area contributed by atoms with Crippen LogP contribution >= 0.6 is 0 Å². The average Bonchev–Trinajstić information content (AvgIpc) is 2.42. The van der Waals surface area contributed by atoms with Crippen molar-refractivity contribution in [2.24, 2.45) is 0 Å². The highest BCUT2D eigenvalue weighted by Crippen LogP contribution is 2.21. The Morgan fingerprint density at radius 2 is 1.86 bits per heavy atom. The number of aliphatic hydroxyl groups is 1. The lowest BCUT2D eigenvalue weighted by molar-refractivity contribution is -0.137. The predicted octanol–water partition coefficient (Wildman–Crippen LogP) is 3.39. The van der Waals surface area contributed by atoms with E-state index in [0.29, 0.717) is 12.2 Å². The van der Waals surface area contributed by atoms with Gasteiger partial charge in [0.05, 0.1) is 19.1 Å². The first-order chi connectivity index (χ1) is 9.81. The molecule has 0 aromatic heterocycles. The molecule has 21 heavy (non-hydrogen) atoms. The van der Waals surface area contributed by atoms with E-state index >= 15 is 0 Å². The molecule has 0 saturated carbocycles. The van der Waals surface area contributed by atoms with E-state index in [-0.39, 0.29) is 13.1 Å². The zero-order valence-corrected chi connectivity index (χ0v) is 12.4. The number of likely N-dealkylation sites (N-methyl/N-ethyl adjacent to an activating group) is 1. The van der Waals surface area contributed by atoms with Gasteiger partial charge in [-0.3, -0.25) is 0 Å². The summed E-state index contributed by atoms with van der Waals surface area (Å²) in [6.45, 7) is 2.67. The quantitative estimate of drug-likeness (QED) is 0.799. The fourth-order valence-electron chi connectivity index (χ4n) is 1.82. The number of aliphatic hydroxyl groups excluding tert-OH is 1. The van der Waals surface area contributed by atoms with Crippen LogP contribution in [0.15, 0.2) is 24.3 Å². The van der Waals surface area contributed by atoms with Crippen LogP contribution in [0.3, 0.4) is 0 Å². The number of alkyl halides is 3. The Hall–Kier alpha value is -1.27. The van der Waals surface area contributed by atoms with Gasteiger partial charge in [0.2, 0.25) is 0 Å². The molecule has 0 heterocycles. The standard InChI is InChI=1S/C15H22F3NO2/c1-3-10-21-13-6-4-12(5-7-13)14(20)11-19(2)9-8-15(16,17)18/h4-7,14,20H,3,8-11H2,1-2H3. The summed E-state index contributed by atoms with van der Waals surface area (Å²) >= 11 is 0. The molecule has 0 saturated heterocycles. The minimum Gasteiger partial charge on any atom is -0.494 e. The molecule has 3 nitrogen and oxygen atoms in total. The first kappa shape index (κ1) is 17.8. The number of benzene rings is 1. The predicted molar refractivity (Wildman–Crippen MR) is 75.4 cm³/mol. The van der Waals surface area contributed by atoms with Crippen LogP contribution in [0.5, 0.6) is 5.75 Å². The SMILES string of the molecule is CCCOc1ccc(C(O)CN(C)CCC(F)(F)F)cc1. The molecule has 1 N–H and O–H groups in total. The van der Waals surface area contributed by atoms with Gasteiger partial charge in [0.25, 0.3) is 0 Å². The number of rotatable bonds is 8. The Morgan fingerprint density at radius 3 is 2.38 bits per heavy atom. The second-order valence-electron chi connectivity index (χ2n) is 5.06. The Morgan fingerprint density at radius 1 is 1.24 bits per heavy atom. The van der Waals surface area contributed by atoms with Crippen molar-refractivity contribution < 1.29 is 23.0 Å². The fourth-order valence-corrected chi connectivity index (χ4v) is 1.82. The van der Waals surface area contributed by atoms with Gasteiger partial charge in [-0.1, -0.05) is 19.1 Å². The topological polar surface area (TPSA) is 32.7 Å². The monoisotopic (exact) mass is 305 g/mol. The van der Waals surface area contributed by atoms with Crippen LogP contribution in [-0.2, 0) is 0 Å². The minimum absolute atomic E-state index is 0.127. The second-order valence-corrected chi connectivity index (χ2v) is 5.06. The van der Waals surface area contributed by atoms with Gasteiger partial charge in [-0.25, -0.2) is 0 Å². The van der Waals surface area contributed by atoms with Crippen LogP contribution in [0, 0.1) is 0 Å². The molecule has 1 unspecified atom stereocenters. The molecule has 0 radical (unpaired) electrons. The number of hydrogen-bond donors (Lipinski definition) is 1. The summed E-state index contributed by atoms with van der Waals surface area (Å²) < 4.78 is 41.8. The minimum atomic E-state index is -4.17. The number of halogens is 3. The Balaban J connectivity index is 2.45. The van der Waals surface area contributed by atoms with Gasteiger partial charge in [0, 0.05) is 13.1 Å². The lowest BCUT2D eigenvalue weighted by atomic mass is 10.1. The normalized spacial score (nSPS) is 13.5. The van der Waals surface area contributed by atoms with Crippen LogP contribution in [0.25, 0.3) is 0 Å². The number of hydrogen-bond acceptors (Lipinski definition) is 3. The first-order valence-corrected chi connectivity index (χ1v) is 6.98. The summed E-state index contributed by atoms with van der Waals surface area (Å²) in [4.78, 5) is 1.47. The summed E-state index contributed by atoms with van der Waals surface area (Å²) in [5, 5.41) is 10.0. The van der Waals surface area contributed by atoms with Gasteiger partial charge in [-0.05, 0) is 31.2 Å². The maximum atomic E-state index is 12.1. The zero-order chi connectivity index (χ0) is 15.9. The van der Waals surface area contributed by atoms with Gasteiger partial charge in [-0.2, -0.15) is 13.2 Å². The van der Waals surface area contributed by atoms with Gasteiger partial charge in [-0.15, -0.1) is 0 Å². The van der Waals surface area contributed by atoms with Gasteiger partial charge in [0.15, 0.2) is 0 Å². The number of nitrogens with zero attached hydrogens (tertiary/aromatic N) is 1. The maximum absolute atomic E-state index is 12.1. The molecule has 1 aromatic rings. The van der Waals surface area contributed by atoms with E-state index in [1.54, 1.807) is 31.3 Å². The van der Waals surface area contributed by atoms with Crippen LogP contribution in [-0.4, -0.2) is 42.9 Å². The molecule has 0 amide bonds. The Kier molecular flexibility index (Phi) is 6.98. The molecule has 0 bridgehead atoms. The summed E-state index contributed by atoms with van der Waals surface area (Å²) in [5.41, 5.74) is 0.665.